The van der Waals surface area contributed by atoms with Gasteiger partial charge in [0.1, 0.15) is 11.5 Å². The monoisotopic (exact) mass is 485 g/mol. The van der Waals surface area contributed by atoms with Crippen LogP contribution in [0.4, 0.5) is 5.69 Å². The maximum absolute atomic E-state index is 6.03. The highest BCUT2D eigenvalue weighted by atomic mass is 35.6. The van der Waals surface area contributed by atoms with Gasteiger partial charge in [-0.25, -0.2) is 0 Å². The van der Waals surface area contributed by atoms with Gasteiger partial charge in [0.15, 0.2) is 0 Å². The van der Waals surface area contributed by atoms with E-state index < -0.39 is 7.59 Å². The zero-order valence-electron chi connectivity index (χ0n) is 13.8. The van der Waals surface area contributed by atoms with Gasteiger partial charge >= 0.3 is 0 Å². The van der Waals surface area contributed by atoms with Crippen LogP contribution in [0.2, 0.25) is 0 Å². The summed E-state index contributed by atoms with van der Waals surface area (Å²) in [5, 5.41) is 7.52. The summed E-state index contributed by atoms with van der Waals surface area (Å²) in [7, 11) is 0. The molecule has 0 aromatic heterocycles. The number of hydrogen-bond acceptors (Lipinski definition) is 4. The molecule has 2 aromatic rings. The van der Waals surface area contributed by atoms with E-state index in [1.807, 2.05) is 43.3 Å². The molecule has 144 valence electrons. The van der Waals surface area contributed by atoms with Gasteiger partial charge in [-0.05, 0) is 25.1 Å². The third kappa shape index (κ3) is 4.64. The van der Waals surface area contributed by atoms with Crippen molar-refractivity contribution in [2.45, 2.75) is 14.5 Å². The number of hydrazine groups is 1. The van der Waals surface area contributed by atoms with E-state index in [0.29, 0.717) is 12.3 Å². The molecule has 4 nitrogen and oxygen atoms in total. The van der Waals surface area contributed by atoms with E-state index in [1.165, 1.54) is 11.2 Å². The summed E-state index contributed by atoms with van der Waals surface area (Å²) in [4.78, 5) is 0. The fourth-order valence-corrected chi connectivity index (χ4v) is 3.13. The summed E-state index contributed by atoms with van der Waals surface area (Å²) in [5.74, 6) is 0.747. The zero-order chi connectivity index (χ0) is 19.8. The van der Waals surface area contributed by atoms with Gasteiger partial charge in [-0.2, -0.15) is 10.2 Å². The van der Waals surface area contributed by atoms with E-state index in [1.54, 1.807) is 0 Å². The first-order chi connectivity index (χ1) is 12.6. The molecule has 0 saturated heterocycles. The number of halogens is 6. The molecule has 3 rings (SSSR count). The normalized spacial score (nSPS) is 15.3. The number of hydrogen-bond donors (Lipinski definition) is 1. The average molecular weight is 488 g/mol. The fourth-order valence-electron chi connectivity index (χ4n) is 2.56. The van der Waals surface area contributed by atoms with Crippen LogP contribution >= 0.6 is 69.6 Å². The maximum Gasteiger partial charge on any atom is 0.234 e. The first-order valence-electron chi connectivity index (χ1n) is 7.77. The average Bonchev–Trinajstić information content (AvgIpc) is 2.60. The van der Waals surface area contributed by atoms with Crippen LogP contribution in [-0.4, -0.2) is 19.9 Å². The van der Waals surface area contributed by atoms with Crippen molar-refractivity contribution in [1.29, 1.82) is 0 Å². The number of nitrogens with one attached hydrogen (secondary N) is 1. The van der Waals surface area contributed by atoms with Gasteiger partial charge in [0, 0.05) is 10.8 Å². The van der Waals surface area contributed by atoms with Crippen LogP contribution in [0, 0.1) is 0 Å². The van der Waals surface area contributed by atoms with Gasteiger partial charge in [0.05, 0.1) is 18.0 Å². The standard InChI is InChI=1S/C17H13Cl6N3O/c1-2-27-13-8-7-12(10-5-3-4-6-11(10)13)26-24-14(16(18,19)20)9-15(25-26)17(21,22)23/h3-9,24H,2H2,1H3. The molecule has 0 bridgehead atoms. The van der Waals surface area contributed by atoms with Crippen molar-refractivity contribution in [2.24, 2.45) is 5.10 Å². The number of alkyl halides is 6. The Labute approximate surface area is 186 Å². The second-order valence-electron chi connectivity index (χ2n) is 5.52. The Morgan fingerprint density at radius 2 is 1.63 bits per heavy atom. The van der Waals surface area contributed by atoms with Crippen LogP contribution in [0.15, 0.2) is 53.3 Å². The number of rotatable bonds is 3. The molecule has 0 spiro atoms. The molecule has 0 radical (unpaired) electrons. The Morgan fingerprint density at radius 1 is 0.963 bits per heavy atom. The van der Waals surface area contributed by atoms with Crippen LogP contribution in [0.5, 0.6) is 5.75 Å². The molecule has 1 N–H and O–H groups in total. The van der Waals surface area contributed by atoms with Crippen molar-refractivity contribution in [1.82, 2.24) is 5.43 Å². The molecule has 0 aliphatic carbocycles. The summed E-state index contributed by atoms with van der Waals surface area (Å²) in [6.45, 7) is 2.46. The van der Waals surface area contributed by atoms with Crippen LogP contribution < -0.4 is 15.3 Å². The molecular weight excluding hydrogens is 475 g/mol. The number of fused-ring (bicyclic) bond motifs is 1. The van der Waals surface area contributed by atoms with Crippen molar-refractivity contribution < 1.29 is 4.74 Å². The maximum atomic E-state index is 6.03. The lowest BCUT2D eigenvalue weighted by atomic mass is 10.1. The highest BCUT2D eigenvalue weighted by molar-refractivity contribution is 6.78. The topological polar surface area (TPSA) is 36.9 Å². The summed E-state index contributed by atoms with van der Waals surface area (Å²) in [6.07, 6.45) is 1.40. The third-order valence-electron chi connectivity index (χ3n) is 3.70. The van der Waals surface area contributed by atoms with Crippen LogP contribution in [0.25, 0.3) is 10.8 Å². The molecular formula is C17H13Cl6N3O. The minimum absolute atomic E-state index is 0.102. The van der Waals surface area contributed by atoms with E-state index in [0.717, 1.165) is 16.5 Å². The predicted molar refractivity (Wildman–Crippen MR) is 117 cm³/mol. The van der Waals surface area contributed by atoms with E-state index in [9.17, 15) is 0 Å². The molecule has 1 heterocycles. The lowest BCUT2D eigenvalue weighted by Gasteiger charge is -2.32. The SMILES string of the molecule is CCOc1ccc(N2N=C(C(Cl)(Cl)Cl)C=C(C(Cl)(Cl)Cl)N2)c2ccccc12. The van der Waals surface area contributed by atoms with Gasteiger partial charge in [0.25, 0.3) is 0 Å². The van der Waals surface area contributed by atoms with Crippen molar-refractivity contribution in [3.05, 3.63) is 48.2 Å². The molecule has 0 unspecified atom stereocenters. The summed E-state index contributed by atoms with van der Waals surface area (Å²) < 4.78 is 2.13. The predicted octanol–water partition coefficient (Wildman–Crippen LogP) is 6.54. The summed E-state index contributed by atoms with van der Waals surface area (Å²) >= 11 is 36.2. The smallest absolute Gasteiger partial charge is 0.234 e. The Morgan fingerprint density at radius 3 is 2.22 bits per heavy atom. The van der Waals surface area contributed by atoms with Gasteiger partial charge in [-0.3, -0.25) is 5.43 Å². The van der Waals surface area contributed by atoms with Gasteiger partial charge in [-0.1, -0.05) is 93.9 Å². The second kappa shape index (κ2) is 7.94. The van der Waals surface area contributed by atoms with Gasteiger partial charge < -0.3 is 4.74 Å². The number of ether oxygens (including phenoxy) is 1. The van der Waals surface area contributed by atoms with E-state index >= 15 is 0 Å². The highest BCUT2D eigenvalue weighted by Gasteiger charge is 2.36. The van der Waals surface area contributed by atoms with Gasteiger partial charge in [-0.15, -0.1) is 0 Å². The third-order valence-corrected chi connectivity index (χ3v) is 4.89. The Balaban J connectivity index is 2.15. The Bertz CT molecular complexity index is 917. The van der Waals surface area contributed by atoms with Crippen LogP contribution in [0.3, 0.4) is 0 Å². The molecule has 0 atom stereocenters. The van der Waals surface area contributed by atoms with E-state index in [-0.39, 0.29) is 11.4 Å². The van der Waals surface area contributed by atoms with Crippen LogP contribution in [0.1, 0.15) is 6.92 Å². The zero-order valence-corrected chi connectivity index (χ0v) is 18.4. The number of nitrogens with zero attached hydrogens (tertiary/aromatic N) is 2. The first-order valence-corrected chi connectivity index (χ1v) is 10.0. The van der Waals surface area contributed by atoms with E-state index in [2.05, 4.69) is 10.5 Å². The largest absolute Gasteiger partial charge is 0.493 e. The highest BCUT2D eigenvalue weighted by Crippen LogP contribution is 2.40. The fraction of sp³-hybridized carbons (Fsp3) is 0.235. The lowest BCUT2D eigenvalue weighted by molar-refractivity contribution is 0.344. The number of anilines is 1. The van der Waals surface area contributed by atoms with Crippen LogP contribution in [-0.2, 0) is 0 Å². The molecule has 0 saturated carbocycles. The van der Waals surface area contributed by atoms with Crippen molar-refractivity contribution >= 4 is 91.8 Å². The van der Waals surface area contributed by atoms with Crippen molar-refractivity contribution in [3.63, 3.8) is 0 Å². The first kappa shape index (κ1) is 21.0. The van der Waals surface area contributed by atoms with E-state index in [4.69, 9.17) is 74.3 Å². The molecule has 1 aliphatic rings. The number of benzene rings is 2. The molecule has 0 fully saturated rings. The van der Waals surface area contributed by atoms with Crippen molar-refractivity contribution in [2.75, 3.05) is 11.7 Å². The number of hydrazone groups is 1. The summed E-state index contributed by atoms with van der Waals surface area (Å²) in [6, 6.07) is 11.3. The molecule has 0 amide bonds. The minimum Gasteiger partial charge on any atom is -0.493 e. The van der Waals surface area contributed by atoms with Crippen molar-refractivity contribution in [3.8, 4) is 5.75 Å². The lowest BCUT2D eigenvalue weighted by Crippen LogP contribution is -2.43. The quantitative estimate of drug-likeness (QED) is 0.499. The molecule has 27 heavy (non-hydrogen) atoms. The molecule has 2 aromatic carbocycles. The second-order valence-corrected chi connectivity index (χ2v) is 10.1. The Kier molecular flexibility index (Phi) is 6.17. The Hall–Kier alpha value is -0.750. The minimum atomic E-state index is -1.80. The molecule has 1 aliphatic heterocycles. The molecule has 10 heteroatoms. The summed E-state index contributed by atoms with van der Waals surface area (Å²) in [5.41, 5.74) is 3.92. The van der Waals surface area contributed by atoms with Gasteiger partial charge in [0.2, 0.25) is 7.59 Å². The number of allylic oxidation sites excluding steroid dienone is 2.